The summed E-state index contributed by atoms with van der Waals surface area (Å²) in [5.74, 6) is -1.36. The molecule has 8 nitrogen and oxygen atoms in total. The molecule has 0 aliphatic heterocycles. The largest absolute Gasteiger partial charge is 0.495 e. The molecule has 0 heterocycles. The minimum Gasteiger partial charge on any atom is -0.495 e. The fourth-order valence-corrected chi connectivity index (χ4v) is 1.78. The molecular weight excluding hydrogens is 302 g/mol. The molecule has 0 saturated carbocycles. The van der Waals surface area contributed by atoms with Gasteiger partial charge in [-0.3, -0.25) is 19.7 Å². The Morgan fingerprint density at radius 2 is 1.61 bits per heavy atom. The van der Waals surface area contributed by atoms with E-state index in [9.17, 15) is 19.7 Å². The lowest BCUT2D eigenvalue weighted by Crippen LogP contribution is -2.29. The second-order valence-electron chi connectivity index (χ2n) is 4.41. The van der Waals surface area contributed by atoms with Crippen LogP contribution in [-0.4, -0.2) is 23.8 Å². The van der Waals surface area contributed by atoms with Crippen LogP contribution in [0.5, 0.6) is 5.75 Å². The maximum absolute atomic E-state index is 11.9. The Bertz CT molecular complexity index is 743. The molecule has 23 heavy (non-hydrogen) atoms. The monoisotopic (exact) mass is 315 g/mol. The van der Waals surface area contributed by atoms with Crippen LogP contribution in [0.3, 0.4) is 0 Å². The van der Waals surface area contributed by atoms with Gasteiger partial charge in [-0.05, 0) is 24.3 Å². The van der Waals surface area contributed by atoms with E-state index in [0.717, 1.165) is 0 Å². The van der Waals surface area contributed by atoms with Gasteiger partial charge in [0.05, 0.1) is 17.7 Å². The summed E-state index contributed by atoms with van der Waals surface area (Å²) in [6.45, 7) is 0. The Hall–Kier alpha value is -3.42. The Kier molecular flexibility index (Phi) is 4.88. The first-order valence-electron chi connectivity index (χ1n) is 6.51. The summed E-state index contributed by atoms with van der Waals surface area (Å²) in [6, 6.07) is 11.8. The highest BCUT2D eigenvalue weighted by Gasteiger charge is 2.16. The van der Waals surface area contributed by atoms with Gasteiger partial charge >= 0.3 is 11.8 Å². The molecule has 2 rings (SSSR count). The van der Waals surface area contributed by atoms with Gasteiger partial charge in [0.2, 0.25) is 0 Å². The first-order valence-corrected chi connectivity index (χ1v) is 6.51. The van der Waals surface area contributed by atoms with Crippen molar-refractivity contribution in [3.05, 3.63) is 58.6 Å². The molecule has 2 N–H and O–H groups in total. The van der Waals surface area contributed by atoms with Crippen molar-refractivity contribution in [1.82, 2.24) is 0 Å². The van der Waals surface area contributed by atoms with Crippen LogP contribution >= 0.6 is 0 Å². The predicted molar refractivity (Wildman–Crippen MR) is 83.3 cm³/mol. The summed E-state index contributed by atoms with van der Waals surface area (Å²) < 4.78 is 5.07. The number of nitro groups is 1. The lowest BCUT2D eigenvalue weighted by Gasteiger charge is -2.09. The number of ether oxygens (including phenoxy) is 1. The van der Waals surface area contributed by atoms with Crippen molar-refractivity contribution >= 4 is 28.9 Å². The minimum atomic E-state index is -0.898. The number of nitrogens with one attached hydrogen (secondary N) is 2. The summed E-state index contributed by atoms with van der Waals surface area (Å²) in [6.07, 6.45) is 0. The van der Waals surface area contributed by atoms with Gasteiger partial charge in [0, 0.05) is 17.8 Å². The summed E-state index contributed by atoms with van der Waals surface area (Å²) in [5.41, 5.74) is 0.524. The molecule has 0 saturated heterocycles. The van der Waals surface area contributed by atoms with Crippen LogP contribution in [0.25, 0.3) is 0 Å². The van der Waals surface area contributed by atoms with E-state index in [1.165, 1.54) is 31.4 Å². The normalized spacial score (nSPS) is 9.78. The van der Waals surface area contributed by atoms with Crippen molar-refractivity contribution in [1.29, 1.82) is 0 Å². The first-order chi connectivity index (χ1) is 11.0. The van der Waals surface area contributed by atoms with Gasteiger partial charge in [-0.1, -0.05) is 12.1 Å². The van der Waals surface area contributed by atoms with Crippen LogP contribution < -0.4 is 15.4 Å². The Labute approximate surface area is 131 Å². The van der Waals surface area contributed by atoms with E-state index in [2.05, 4.69) is 10.6 Å². The van der Waals surface area contributed by atoms with E-state index < -0.39 is 16.7 Å². The van der Waals surface area contributed by atoms with Crippen molar-refractivity contribution in [3.63, 3.8) is 0 Å². The van der Waals surface area contributed by atoms with Gasteiger partial charge in [-0.2, -0.15) is 0 Å². The maximum Gasteiger partial charge on any atom is 0.314 e. The molecule has 8 heteroatoms. The molecule has 0 unspecified atom stereocenters. The van der Waals surface area contributed by atoms with Gasteiger partial charge in [-0.15, -0.1) is 0 Å². The Morgan fingerprint density at radius 1 is 1.00 bits per heavy atom. The number of anilines is 2. The quantitative estimate of drug-likeness (QED) is 0.510. The average Bonchev–Trinajstić information content (AvgIpc) is 2.55. The number of methoxy groups -OCH3 is 1. The number of nitrogens with zero attached hydrogens (tertiary/aromatic N) is 1. The molecule has 118 valence electrons. The maximum atomic E-state index is 11.9. The van der Waals surface area contributed by atoms with E-state index in [1.54, 1.807) is 24.3 Å². The van der Waals surface area contributed by atoms with Crippen LogP contribution in [0.1, 0.15) is 0 Å². The van der Waals surface area contributed by atoms with Crippen LogP contribution in [0, 0.1) is 10.1 Å². The zero-order valence-corrected chi connectivity index (χ0v) is 12.1. The van der Waals surface area contributed by atoms with Gasteiger partial charge in [0.15, 0.2) is 0 Å². The SMILES string of the molecule is COc1ccccc1NC(=O)C(=O)Nc1ccc([N+](=O)[O-])cc1. The number of hydrogen-bond acceptors (Lipinski definition) is 5. The molecule has 0 radical (unpaired) electrons. The lowest BCUT2D eigenvalue weighted by molar-refractivity contribution is -0.384. The summed E-state index contributed by atoms with van der Waals surface area (Å²) in [4.78, 5) is 33.7. The summed E-state index contributed by atoms with van der Waals surface area (Å²) in [7, 11) is 1.45. The van der Waals surface area contributed by atoms with Crippen molar-refractivity contribution in [2.45, 2.75) is 0 Å². The van der Waals surface area contributed by atoms with Crippen molar-refractivity contribution in [3.8, 4) is 5.75 Å². The summed E-state index contributed by atoms with van der Waals surface area (Å²) >= 11 is 0. The van der Waals surface area contributed by atoms with Gasteiger partial charge in [-0.25, -0.2) is 0 Å². The molecule has 0 fully saturated rings. The number of rotatable bonds is 4. The highest BCUT2D eigenvalue weighted by molar-refractivity contribution is 6.43. The van der Waals surface area contributed by atoms with Gasteiger partial charge in [0.25, 0.3) is 5.69 Å². The second kappa shape index (κ2) is 7.03. The van der Waals surface area contributed by atoms with E-state index in [-0.39, 0.29) is 11.4 Å². The highest BCUT2D eigenvalue weighted by atomic mass is 16.6. The number of para-hydroxylation sites is 2. The standard InChI is InChI=1S/C15H13N3O5/c1-23-13-5-3-2-4-12(13)17-15(20)14(19)16-10-6-8-11(9-7-10)18(21)22/h2-9H,1H3,(H,16,19)(H,17,20). The van der Waals surface area contributed by atoms with Crippen LogP contribution in [0.15, 0.2) is 48.5 Å². The zero-order chi connectivity index (χ0) is 16.8. The van der Waals surface area contributed by atoms with Crippen molar-refractivity contribution in [2.24, 2.45) is 0 Å². The van der Waals surface area contributed by atoms with Gasteiger partial charge in [0.1, 0.15) is 5.75 Å². The number of amides is 2. The van der Waals surface area contributed by atoms with Crippen molar-refractivity contribution in [2.75, 3.05) is 17.7 Å². The molecule has 0 atom stereocenters. The molecule has 0 aliphatic carbocycles. The number of nitro benzene ring substituents is 1. The third-order valence-corrected chi connectivity index (χ3v) is 2.90. The van der Waals surface area contributed by atoms with Crippen molar-refractivity contribution < 1.29 is 19.2 Å². The van der Waals surface area contributed by atoms with Crippen LogP contribution in [-0.2, 0) is 9.59 Å². The third kappa shape index (κ3) is 4.03. The van der Waals surface area contributed by atoms with E-state index in [1.807, 2.05) is 0 Å². The minimum absolute atomic E-state index is 0.110. The fraction of sp³-hybridized carbons (Fsp3) is 0.0667. The Morgan fingerprint density at radius 3 is 2.22 bits per heavy atom. The molecule has 0 aromatic heterocycles. The molecule has 0 bridgehead atoms. The highest BCUT2D eigenvalue weighted by Crippen LogP contribution is 2.23. The molecule has 0 aliphatic rings. The Balaban J connectivity index is 2.02. The molecule has 2 aromatic carbocycles. The molecule has 0 spiro atoms. The number of benzene rings is 2. The molecular formula is C15H13N3O5. The first kappa shape index (κ1) is 16.0. The van der Waals surface area contributed by atoms with E-state index in [0.29, 0.717) is 11.4 Å². The number of carbonyl (C=O) groups excluding carboxylic acids is 2. The van der Waals surface area contributed by atoms with E-state index in [4.69, 9.17) is 4.74 Å². The third-order valence-electron chi connectivity index (χ3n) is 2.90. The topological polar surface area (TPSA) is 111 Å². The summed E-state index contributed by atoms with van der Waals surface area (Å²) in [5, 5.41) is 15.3. The van der Waals surface area contributed by atoms with Crippen LogP contribution in [0.4, 0.5) is 17.1 Å². The fourth-order valence-electron chi connectivity index (χ4n) is 1.78. The lowest BCUT2D eigenvalue weighted by atomic mass is 10.2. The predicted octanol–water partition coefficient (Wildman–Crippen LogP) is 2.18. The number of hydrogen-bond donors (Lipinski definition) is 2. The average molecular weight is 315 g/mol. The second-order valence-corrected chi connectivity index (χ2v) is 4.41. The number of non-ortho nitro benzene ring substituents is 1. The molecule has 2 amide bonds. The van der Waals surface area contributed by atoms with E-state index >= 15 is 0 Å². The van der Waals surface area contributed by atoms with Gasteiger partial charge < -0.3 is 15.4 Å². The molecule has 2 aromatic rings. The number of carbonyl (C=O) groups is 2. The smallest absolute Gasteiger partial charge is 0.314 e. The zero-order valence-electron chi connectivity index (χ0n) is 12.1. The van der Waals surface area contributed by atoms with Crippen LogP contribution in [0.2, 0.25) is 0 Å².